The molecule has 31 heavy (non-hydrogen) atoms. The number of aromatic nitrogens is 2. The molecule has 0 bridgehead atoms. The second-order valence-electron chi connectivity index (χ2n) is 7.84. The van der Waals surface area contributed by atoms with E-state index in [0.717, 1.165) is 41.5 Å². The molecule has 0 radical (unpaired) electrons. The summed E-state index contributed by atoms with van der Waals surface area (Å²) in [5, 5.41) is -0.147. The predicted molar refractivity (Wildman–Crippen MR) is 112 cm³/mol. The Kier molecular flexibility index (Phi) is 5.94. The number of hydrogen-bond donors (Lipinski definition) is 1. The molecule has 0 unspecified atom stereocenters. The fourth-order valence-electron chi connectivity index (χ4n) is 4.08. The Morgan fingerprint density at radius 2 is 1.84 bits per heavy atom. The lowest BCUT2D eigenvalue weighted by molar-refractivity contribution is -0.137. The summed E-state index contributed by atoms with van der Waals surface area (Å²) in [6.07, 6.45) is 0.277. The zero-order valence-corrected chi connectivity index (χ0v) is 17.5. The molecule has 1 aliphatic rings. The van der Waals surface area contributed by atoms with E-state index >= 15 is 0 Å². The van der Waals surface area contributed by atoms with Crippen molar-refractivity contribution in [3.63, 3.8) is 0 Å². The third-order valence-electron chi connectivity index (χ3n) is 5.80. The van der Waals surface area contributed by atoms with Gasteiger partial charge in [-0.25, -0.2) is 4.98 Å². The van der Waals surface area contributed by atoms with Gasteiger partial charge in [0.2, 0.25) is 0 Å². The Hall–Kier alpha value is -2.58. The summed E-state index contributed by atoms with van der Waals surface area (Å²) in [7, 11) is 0. The molecule has 3 aromatic rings. The number of carbonyl (C=O) groups is 1. The normalized spacial score (nSPS) is 15.6. The highest BCUT2D eigenvalue weighted by atomic mass is 35.5. The molecular weight excluding hydrogens is 429 g/mol. The Balaban J connectivity index is 1.45. The largest absolute Gasteiger partial charge is 0.417 e. The van der Waals surface area contributed by atoms with Crippen molar-refractivity contribution in [3.05, 3.63) is 70.1 Å². The first kappa shape index (κ1) is 21.6. The summed E-state index contributed by atoms with van der Waals surface area (Å²) in [6, 6.07) is 8.93. The third kappa shape index (κ3) is 4.55. The van der Waals surface area contributed by atoms with Gasteiger partial charge in [-0.05, 0) is 42.4 Å². The van der Waals surface area contributed by atoms with E-state index in [0.29, 0.717) is 25.6 Å². The molecule has 2 aromatic heterocycles. The topological polar surface area (TPSA) is 63.6 Å². The van der Waals surface area contributed by atoms with Gasteiger partial charge < -0.3 is 15.0 Å². The Morgan fingerprint density at radius 3 is 2.48 bits per heavy atom. The first-order valence-electron chi connectivity index (χ1n) is 10.1. The summed E-state index contributed by atoms with van der Waals surface area (Å²) in [5.41, 5.74) is 7.54. The van der Waals surface area contributed by atoms with Crippen LogP contribution in [0.1, 0.15) is 40.0 Å². The van der Waals surface area contributed by atoms with Crippen molar-refractivity contribution in [2.75, 3.05) is 13.1 Å². The highest BCUT2D eigenvalue weighted by Gasteiger charge is 2.32. The smallest absolute Gasteiger partial charge is 0.337 e. The van der Waals surface area contributed by atoms with Crippen molar-refractivity contribution in [2.24, 2.45) is 11.7 Å². The van der Waals surface area contributed by atoms with Crippen LogP contribution in [-0.4, -0.2) is 33.3 Å². The molecular formula is C22H22ClF3N4O. The van der Waals surface area contributed by atoms with Crippen LogP contribution in [0.3, 0.4) is 0 Å². The molecule has 1 saturated heterocycles. The number of amides is 1. The van der Waals surface area contributed by atoms with E-state index in [9.17, 15) is 18.0 Å². The summed E-state index contributed by atoms with van der Waals surface area (Å²) in [6.45, 7) is 1.65. The van der Waals surface area contributed by atoms with Gasteiger partial charge in [0.25, 0.3) is 5.91 Å². The van der Waals surface area contributed by atoms with Crippen molar-refractivity contribution in [1.29, 1.82) is 0 Å². The number of pyridine rings is 1. The van der Waals surface area contributed by atoms with Crippen LogP contribution in [0.15, 0.2) is 42.7 Å². The average molecular weight is 451 g/mol. The molecule has 9 heteroatoms. The number of rotatable bonds is 4. The molecule has 164 valence electrons. The Bertz CT molecular complexity index is 1100. The summed E-state index contributed by atoms with van der Waals surface area (Å²) in [5.74, 6) is 0.149. The van der Waals surface area contributed by atoms with Gasteiger partial charge in [0.1, 0.15) is 5.69 Å². The Labute approximate surface area is 182 Å². The van der Waals surface area contributed by atoms with Crippen LogP contribution in [0, 0.1) is 5.92 Å². The van der Waals surface area contributed by atoms with E-state index in [4.69, 9.17) is 17.3 Å². The fourth-order valence-corrected chi connectivity index (χ4v) is 4.34. The number of halogens is 4. The lowest BCUT2D eigenvalue weighted by Crippen LogP contribution is -2.39. The SMILES string of the molecule is NCc1ccccc1CC1CCN(C(=O)c2cn3cc(C(F)(F)F)cc(Cl)c3n2)CC1. The molecule has 3 heterocycles. The van der Waals surface area contributed by atoms with E-state index in [2.05, 4.69) is 11.1 Å². The molecule has 5 nitrogen and oxygen atoms in total. The first-order valence-corrected chi connectivity index (χ1v) is 10.5. The maximum atomic E-state index is 13.0. The van der Waals surface area contributed by atoms with E-state index in [-0.39, 0.29) is 22.3 Å². The molecule has 0 saturated carbocycles. The highest BCUT2D eigenvalue weighted by molar-refractivity contribution is 6.33. The van der Waals surface area contributed by atoms with Crippen LogP contribution in [0.2, 0.25) is 5.02 Å². The van der Waals surface area contributed by atoms with E-state index in [1.165, 1.54) is 11.8 Å². The molecule has 1 fully saturated rings. The standard InChI is InChI=1S/C22H22ClF3N4O/c23-18-10-17(22(24,25)26)12-30-13-19(28-20(18)30)21(31)29-7-5-14(6-8-29)9-15-3-1-2-4-16(15)11-27/h1-4,10,12-14H,5-9,11,27H2. The number of likely N-dealkylation sites (tertiary alicyclic amines) is 1. The molecule has 1 aromatic carbocycles. The number of carbonyl (C=O) groups excluding carboxylic acids is 1. The van der Waals surface area contributed by atoms with Crippen LogP contribution in [0.25, 0.3) is 5.65 Å². The first-order chi connectivity index (χ1) is 14.8. The third-order valence-corrected chi connectivity index (χ3v) is 6.08. The van der Waals surface area contributed by atoms with Crippen molar-refractivity contribution in [1.82, 2.24) is 14.3 Å². The molecule has 1 aliphatic heterocycles. The van der Waals surface area contributed by atoms with Crippen molar-refractivity contribution in [3.8, 4) is 0 Å². The van der Waals surface area contributed by atoms with Crippen molar-refractivity contribution in [2.45, 2.75) is 32.0 Å². The number of nitrogens with zero attached hydrogens (tertiary/aromatic N) is 3. The molecule has 0 aliphatic carbocycles. The van der Waals surface area contributed by atoms with Crippen molar-refractivity contribution >= 4 is 23.2 Å². The van der Waals surface area contributed by atoms with Crippen LogP contribution < -0.4 is 5.73 Å². The zero-order valence-electron chi connectivity index (χ0n) is 16.7. The van der Waals surface area contributed by atoms with Crippen LogP contribution in [0.4, 0.5) is 13.2 Å². The molecule has 0 spiro atoms. The van der Waals surface area contributed by atoms with Gasteiger partial charge >= 0.3 is 6.18 Å². The second-order valence-corrected chi connectivity index (χ2v) is 8.25. The number of hydrogen-bond acceptors (Lipinski definition) is 3. The van der Waals surface area contributed by atoms with Crippen molar-refractivity contribution < 1.29 is 18.0 Å². The summed E-state index contributed by atoms with van der Waals surface area (Å²) >= 11 is 5.98. The number of benzene rings is 1. The quantitative estimate of drug-likeness (QED) is 0.633. The number of nitrogens with two attached hydrogens (primary N) is 1. The number of piperidine rings is 1. The second kappa shape index (κ2) is 8.51. The van der Waals surface area contributed by atoms with Gasteiger partial charge in [0.05, 0.1) is 10.6 Å². The van der Waals surface area contributed by atoms with Crippen LogP contribution >= 0.6 is 11.6 Å². The fraction of sp³-hybridized carbons (Fsp3) is 0.364. The minimum atomic E-state index is -4.53. The molecule has 0 atom stereocenters. The maximum Gasteiger partial charge on any atom is 0.417 e. The Morgan fingerprint density at radius 1 is 1.16 bits per heavy atom. The van der Waals surface area contributed by atoms with Gasteiger partial charge in [0, 0.05) is 32.0 Å². The number of alkyl halides is 3. The summed E-state index contributed by atoms with van der Waals surface area (Å²) < 4.78 is 40.2. The highest BCUT2D eigenvalue weighted by Crippen LogP contribution is 2.32. The number of fused-ring (bicyclic) bond motifs is 1. The van der Waals surface area contributed by atoms with Gasteiger partial charge in [-0.2, -0.15) is 13.2 Å². The van der Waals surface area contributed by atoms with Crippen LogP contribution in [0.5, 0.6) is 0 Å². The van der Waals surface area contributed by atoms with Gasteiger partial charge in [-0.1, -0.05) is 35.9 Å². The predicted octanol–water partition coefficient (Wildman–Crippen LogP) is 4.56. The lowest BCUT2D eigenvalue weighted by atomic mass is 9.88. The molecule has 1 amide bonds. The molecule has 4 rings (SSSR count). The molecule has 2 N–H and O–H groups in total. The average Bonchev–Trinajstić information content (AvgIpc) is 3.18. The van der Waals surface area contributed by atoms with Gasteiger partial charge in [-0.15, -0.1) is 0 Å². The zero-order chi connectivity index (χ0) is 22.2. The van der Waals surface area contributed by atoms with Crippen LogP contribution in [-0.2, 0) is 19.1 Å². The van der Waals surface area contributed by atoms with Gasteiger partial charge in [0.15, 0.2) is 5.65 Å². The summed E-state index contributed by atoms with van der Waals surface area (Å²) in [4.78, 5) is 18.8. The maximum absolute atomic E-state index is 13.0. The minimum Gasteiger partial charge on any atom is -0.337 e. The lowest BCUT2D eigenvalue weighted by Gasteiger charge is -2.32. The number of imidazole rings is 1. The van der Waals surface area contributed by atoms with E-state index in [1.807, 2.05) is 18.2 Å². The van der Waals surface area contributed by atoms with E-state index < -0.39 is 11.7 Å². The monoisotopic (exact) mass is 450 g/mol. The van der Waals surface area contributed by atoms with Gasteiger partial charge in [-0.3, -0.25) is 4.79 Å². The minimum absolute atomic E-state index is 0.0909. The van der Waals surface area contributed by atoms with E-state index in [1.54, 1.807) is 4.90 Å².